The molecule has 2 rings (SSSR count). The number of amides is 1. The number of ether oxygens (including phenoxy) is 1. The van der Waals surface area contributed by atoms with Crippen LogP contribution in [0.5, 0.6) is 11.5 Å². The van der Waals surface area contributed by atoms with Crippen molar-refractivity contribution in [3.63, 3.8) is 0 Å². The van der Waals surface area contributed by atoms with Crippen LogP contribution in [0.1, 0.15) is 12.0 Å². The fourth-order valence-electron chi connectivity index (χ4n) is 2.40. The zero-order chi connectivity index (χ0) is 18.9. The number of carbonyl (C=O) groups is 2. The molecule has 0 aliphatic heterocycles. The average molecular weight is 358 g/mol. The Morgan fingerprint density at radius 2 is 1.81 bits per heavy atom. The van der Waals surface area contributed by atoms with Gasteiger partial charge >= 0.3 is 5.97 Å². The van der Waals surface area contributed by atoms with Crippen LogP contribution < -0.4 is 15.4 Å². The first-order valence-electron chi connectivity index (χ1n) is 8.16. The van der Waals surface area contributed by atoms with Crippen molar-refractivity contribution in [1.29, 1.82) is 0 Å². The Bertz CT molecular complexity index is 746. The molecule has 2 aromatic rings. The summed E-state index contributed by atoms with van der Waals surface area (Å²) >= 11 is 0. The highest BCUT2D eigenvalue weighted by molar-refractivity contribution is 5.95. The smallest absolute Gasteiger partial charge is 0.321 e. The van der Waals surface area contributed by atoms with E-state index < -0.39 is 17.9 Å². The Labute approximate surface area is 151 Å². The van der Waals surface area contributed by atoms with Crippen LogP contribution in [-0.2, 0) is 16.0 Å². The Hall–Kier alpha value is -3.06. The summed E-state index contributed by atoms with van der Waals surface area (Å²) in [6.07, 6.45) is 0.376. The molecule has 0 aliphatic carbocycles. The van der Waals surface area contributed by atoms with Crippen molar-refractivity contribution in [3.05, 3.63) is 54.1 Å². The van der Waals surface area contributed by atoms with E-state index in [1.54, 1.807) is 25.3 Å². The van der Waals surface area contributed by atoms with Crippen molar-refractivity contribution < 1.29 is 24.5 Å². The number of hydrogen-bond acceptors (Lipinski definition) is 5. The molecule has 0 aliphatic rings. The lowest BCUT2D eigenvalue weighted by Crippen LogP contribution is -2.40. The number of rotatable bonds is 9. The van der Waals surface area contributed by atoms with Crippen molar-refractivity contribution in [2.24, 2.45) is 0 Å². The third kappa shape index (κ3) is 5.78. The molecule has 4 N–H and O–H groups in total. The number of methoxy groups -OCH3 is 1. The topological polar surface area (TPSA) is 108 Å². The molecule has 138 valence electrons. The summed E-state index contributed by atoms with van der Waals surface area (Å²) < 4.78 is 5.09. The zero-order valence-corrected chi connectivity index (χ0v) is 14.4. The molecule has 0 spiro atoms. The second kappa shape index (κ2) is 9.43. The molecule has 0 fully saturated rings. The zero-order valence-electron chi connectivity index (χ0n) is 14.4. The minimum absolute atomic E-state index is 0.0693. The van der Waals surface area contributed by atoms with Crippen molar-refractivity contribution in [1.82, 2.24) is 5.32 Å². The van der Waals surface area contributed by atoms with Gasteiger partial charge in [0.15, 0.2) is 0 Å². The predicted octanol–water partition coefficient (Wildman–Crippen LogP) is 2.01. The second-order valence-corrected chi connectivity index (χ2v) is 5.71. The summed E-state index contributed by atoms with van der Waals surface area (Å²) in [6.45, 7) is 0.410. The number of hydrogen-bond donors (Lipinski definition) is 4. The number of aliphatic carboxylic acids is 1. The predicted molar refractivity (Wildman–Crippen MR) is 97.5 cm³/mol. The molecule has 0 saturated carbocycles. The molecule has 2 aromatic carbocycles. The number of carbonyl (C=O) groups excluding carboxylic acids is 1. The number of carboxylic acids is 1. The van der Waals surface area contributed by atoms with Gasteiger partial charge in [0.1, 0.15) is 17.5 Å². The van der Waals surface area contributed by atoms with E-state index in [1.807, 2.05) is 24.3 Å². The Balaban J connectivity index is 1.84. The van der Waals surface area contributed by atoms with Crippen LogP contribution in [0.4, 0.5) is 5.69 Å². The number of nitrogens with one attached hydrogen (secondary N) is 2. The normalized spacial score (nSPS) is 11.6. The van der Waals surface area contributed by atoms with Crippen LogP contribution in [0.2, 0.25) is 0 Å². The lowest BCUT2D eigenvalue weighted by molar-refractivity contribution is -0.141. The van der Waals surface area contributed by atoms with Gasteiger partial charge in [0, 0.05) is 0 Å². The van der Waals surface area contributed by atoms with E-state index >= 15 is 0 Å². The number of para-hydroxylation sites is 2. The van der Waals surface area contributed by atoms with E-state index in [0.29, 0.717) is 13.0 Å². The van der Waals surface area contributed by atoms with E-state index in [1.165, 1.54) is 6.07 Å². The summed E-state index contributed by atoms with van der Waals surface area (Å²) in [4.78, 5) is 23.4. The lowest BCUT2D eigenvalue weighted by Gasteiger charge is -2.15. The van der Waals surface area contributed by atoms with E-state index in [2.05, 4.69) is 10.6 Å². The molecule has 0 bridgehead atoms. The molecular formula is C19H22N2O5. The maximum atomic E-state index is 12.0. The van der Waals surface area contributed by atoms with Crippen molar-refractivity contribution in [2.75, 3.05) is 19.0 Å². The van der Waals surface area contributed by atoms with Gasteiger partial charge in [-0.1, -0.05) is 24.3 Å². The maximum absolute atomic E-state index is 12.0. The van der Waals surface area contributed by atoms with Crippen LogP contribution >= 0.6 is 0 Å². The molecule has 1 amide bonds. The Kier molecular flexibility index (Phi) is 6.99. The van der Waals surface area contributed by atoms with Gasteiger partial charge in [0.2, 0.25) is 5.91 Å². The van der Waals surface area contributed by atoms with Gasteiger partial charge in [-0.25, -0.2) is 0 Å². The van der Waals surface area contributed by atoms with Crippen molar-refractivity contribution in [3.8, 4) is 11.5 Å². The monoisotopic (exact) mass is 358 g/mol. The second-order valence-electron chi connectivity index (χ2n) is 5.71. The van der Waals surface area contributed by atoms with E-state index in [4.69, 9.17) is 4.74 Å². The third-order valence-electron chi connectivity index (χ3n) is 3.83. The first kappa shape index (κ1) is 19.3. The van der Waals surface area contributed by atoms with Crippen molar-refractivity contribution >= 4 is 17.6 Å². The summed E-state index contributed by atoms with van der Waals surface area (Å²) in [5.41, 5.74) is 1.28. The minimum atomic E-state index is -1.10. The molecule has 1 atom stereocenters. The molecule has 7 nitrogen and oxygen atoms in total. The van der Waals surface area contributed by atoms with Gasteiger partial charge in [-0.05, 0) is 42.8 Å². The largest absolute Gasteiger partial charge is 0.506 e. The van der Waals surface area contributed by atoms with Gasteiger partial charge in [-0.2, -0.15) is 0 Å². The molecule has 0 aromatic heterocycles. The Morgan fingerprint density at radius 1 is 1.12 bits per heavy atom. The summed E-state index contributed by atoms with van der Waals surface area (Å²) in [5, 5.41) is 24.3. The van der Waals surface area contributed by atoms with Gasteiger partial charge in [-0.3, -0.25) is 9.59 Å². The number of aromatic hydroxyl groups is 1. The highest BCUT2D eigenvalue weighted by Gasteiger charge is 2.21. The lowest BCUT2D eigenvalue weighted by atomic mass is 10.1. The molecule has 26 heavy (non-hydrogen) atoms. The molecule has 7 heteroatoms. The molecule has 0 radical (unpaired) electrons. The van der Waals surface area contributed by atoms with Crippen LogP contribution in [-0.4, -0.2) is 41.8 Å². The highest BCUT2D eigenvalue weighted by Crippen LogP contribution is 2.21. The van der Waals surface area contributed by atoms with Crippen LogP contribution in [0.15, 0.2) is 48.5 Å². The first-order chi connectivity index (χ1) is 12.5. The molecule has 0 saturated heterocycles. The van der Waals surface area contributed by atoms with Crippen LogP contribution in [0.3, 0.4) is 0 Å². The van der Waals surface area contributed by atoms with Crippen molar-refractivity contribution in [2.45, 2.75) is 18.9 Å². The van der Waals surface area contributed by atoms with E-state index in [-0.39, 0.29) is 17.9 Å². The first-order valence-corrected chi connectivity index (χ1v) is 8.16. The quantitative estimate of drug-likeness (QED) is 0.511. The van der Waals surface area contributed by atoms with Gasteiger partial charge in [-0.15, -0.1) is 0 Å². The highest BCUT2D eigenvalue weighted by atomic mass is 16.5. The fraction of sp³-hybridized carbons (Fsp3) is 0.263. The maximum Gasteiger partial charge on any atom is 0.321 e. The van der Waals surface area contributed by atoms with E-state index in [0.717, 1.165) is 11.3 Å². The van der Waals surface area contributed by atoms with E-state index in [9.17, 15) is 19.8 Å². The molecule has 0 heterocycles. The van der Waals surface area contributed by atoms with Crippen LogP contribution in [0, 0.1) is 0 Å². The third-order valence-corrected chi connectivity index (χ3v) is 3.83. The van der Waals surface area contributed by atoms with Gasteiger partial charge in [0.25, 0.3) is 0 Å². The molecule has 1 unspecified atom stereocenters. The minimum Gasteiger partial charge on any atom is -0.506 e. The van der Waals surface area contributed by atoms with Gasteiger partial charge < -0.3 is 25.6 Å². The number of anilines is 1. The number of phenolic OH excluding ortho intramolecular Hbond substituents is 1. The summed E-state index contributed by atoms with van der Waals surface area (Å²) in [5.74, 6) is -0.908. The van der Waals surface area contributed by atoms with Gasteiger partial charge in [0.05, 0.1) is 19.2 Å². The summed E-state index contributed by atoms with van der Waals surface area (Å²) in [7, 11) is 1.59. The number of phenols is 1. The molecular weight excluding hydrogens is 336 g/mol. The van der Waals surface area contributed by atoms with Crippen LogP contribution in [0.25, 0.3) is 0 Å². The standard InChI is InChI=1S/C19H22N2O5/c1-26-14-8-6-13(7-9-14)10-11-20-16(19(24)25)12-18(23)21-15-4-2-3-5-17(15)22/h2-9,16,20,22H,10-12H2,1H3,(H,21,23)(H,24,25). The number of carboxylic acid groups (broad SMARTS) is 1. The SMILES string of the molecule is COc1ccc(CCNC(CC(=O)Nc2ccccc2O)C(=O)O)cc1. The Morgan fingerprint density at radius 3 is 2.42 bits per heavy atom. The average Bonchev–Trinajstić information content (AvgIpc) is 2.63. The number of benzene rings is 2. The fourth-order valence-corrected chi connectivity index (χ4v) is 2.40. The summed E-state index contributed by atoms with van der Waals surface area (Å²) in [6, 6.07) is 12.7.